The van der Waals surface area contributed by atoms with Crippen molar-refractivity contribution in [2.45, 2.75) is 52.6 Å². The summed E-state index contributed by atoms with van der Waals surface area (Å²) in [5, 5.41) is 6.98. The fourth-order valence-electron chi connectivity index (χ4n) is 2.11. The lowest BCUT2D eigenvalue weighted by molar-refractivity contribution is 0.134. The lowest BCUT2D eigenvalue weighted by atomic mass is 10.1. The van der Waals surface area contributed by atoms with Crippen LogP contribution in [-0.2, 0) is 24.5 Å². The summed E-state index contributed by atoms with van der Waals surface area (Å²) in [6, 6.07) is 7.68. The molecule has 0 aromatic heterocycles. The molecule has 0 aliphatic carbocycles. The van der Waals surface area contributed by atoms with Gasteiger partial charge in [0.15, 0.2) is 0 Å². The quantitative estimate of drug-likeness (QED) is 0.809. The number of rotatable bonds is 6. The van der Waals surface area contributed by atoms with Gasteiger partial charge in [-0.3, -0.25) is 0 Å². The highest BCUT2D eigenvalue weighted by Crippen LogP contribution is 2.20. The zero-order chi connectivity index (χ0) is 13.0. The maximum Gasteiger partial charge on any atom is 0.0725 e. The third-order valence-corrected chi connectivity index (χ3v) is 3.27. The van der Waals surface area contributed by atoms with Crippen LogP contribution >= 0.6 is 0 Å². The highest BCUT2D eigenvalue weighted by atomic mass is 16.5. The Balaban J connectivity index is 1.79. The van der Waals surface area contributed by atoms with Crippen molar-refractivity contribution in [3.8, 4) is 0 Å². The average molecular weight is 248 g/mol. The van der Waals surface area contributed by atoms with E-state index >= 15 is 0 Å². The highest BCUT2D eigenvalue weighted by Gasteiger charge is 2.11. The molecule has 2 N–H and O–H groups in total. The van der Waals surface area contributed by atoms with Crippen molar-refractivity contribution in [2.75, 3.05) is 6.54 Å². The van der Waals surface area contributed by atoms with Gasteiger partial charge in [0.05, 0.1) is 13.2 Å². The molecular weight excluding hydrogens is 224 g/mol. The third-order valence-electron chi connectivity index (χ3n) is 3.27. The Morgan fingerprint density at radius 2 is 1.89 bits per heavy atom. The Hall–Kier alpha value is -0.900. The van der Waals surface area contributed by atoms with Crippen LogP contribution in [0.4, 0.5) is 0 Å². The predicted octanol–water partition coefficient (Wildman–Crippen LogP) is 2.19. The van der Waals surface area contributed by atoms with E-state index in [1.165, 1.54) is 16.7 Å². The Morgan fingerprint density at radius 3 is 2.67 bits per heavy atom. The van der Waals surface area contributed by atoms with E-state index in [0.717, 1.165) is 26.3 Å². The third kappa shape index (κ3) is 3.80. The van der Waals surface area contributed by atoms with E-state index in [2.05, 4.69) is 49.6 Å². The lowest BCUT2D eigenvalue weighted by Crippen LogP contribution is -2.38. The first-order valence-corrected chi connectivity index (χ1v) is 6.80. The number of ether oxygens (including phenoxy) is 1. The molecule has 1 aromatic rings. The van der Waals surface area contributed by atoms with Crippen molar-refractivity contribution in [1.82, 2.24) is 10.6 Å². The molecule has 18 heavy (non-hydrogen) atoms. The van der Waals surface area contributed by atoms with Crippen LogP contribution in [0.2, 0.25) is 0 Å². The summed E-state index contributed by atoms with van der Waals surface area (Å²) in [6.45, 7) is 10.0. The molecule has 1 aromatic carbocycles. The van der Waals surface area contributed by atoms with Gasteiger partial charge in [-0.1, -0.05) is 32.0 Å². The van der Waals surface area contributed by atoms with Crippen molar-refractivity contribution >= 4 is 0 Å². The molecule has 0 amide bonds. The minimum Gasteiger partial charge on any atom is -0.372 e. The van der Waals surface area contributed by atoms with E-state index in [4.69, 9.17) is 4.74 Å². The second kappa shape index (κ2) is 6.32. The average Bonchev–Trinajstić information content (AvgIpc) is 2.81. The number of hydrogen-bond donors (Lipinski definition) is 2. The van der Waals surface area contributed by atoms with Gasteiger partial charge in [-0.05, 0) is 23.6 Å². The van der Waals surface area contributed by atoms with Crippen molar-refractivity contribution in [3.63, 3.8) is 0 Å². The van der Waals surface area contributed by atoms with Crippen LogP contribution in [0, 0.1) is 0 Å². The number of nitrogens with one attached hydrogen (secondary N) is 2. The van der Waals surface area contributed by atoms with Gasteiger partial charge in [0.2, 0.25) is 0 Å². The monoisotopic (exact) mass is 248 g/mol. The normalized spacial score (nSPS) is 16.0. The second-order valence-corrected chi connectivity index (χ2v) is 5.44. The molecule has 2 rings (SSSR count). The van der Waals surface area contributed by atoms with Gasteiger partial charge in [0.25, 0.3) is 0 Å². The molecule has 100 valence electrons. The first-order chi connectivity index (χ1) is 8.65. The summed E-state index contributed by atoms with van der Waals surface area (Å²) < 4.78 is 5.43. The van der Waals surface area contributed by atoms with Crippen LogP contribution in [0.5, 0.6) is 0 Å². The van der Waals surface area contributed by atoms with E-state index < -0.39 is 0 Å². The van der Waals surface area contributed by atoms with E-state index in [-0.39, 0.29) is 0 Å². The molecule has 1 unspecified atom stereocenters. The van der Waals surface area contributed by atoms with E-state index in [1.807, 2.05) is 0 Å². The van der Waals surface area contributed by atoms with Gasteiger partial charge in [-0.15, -0.1) is 0 Å². The van der Waals surface area contributed by atoms with Crippen LogP contribution in [0.3, 0.4) is 0 Å². The molecule has 0 fully saturated rings. The maximum absolute atomic E-state index is 5.43. The van der Waals surface area contributed by atoms with Crippen LogP contribution < -0.4 is 10.6 Å². The predicted molar refractivity (Wildman–Crippen MR) is 74.4 cm³/mol. The smallest absolute Gasteiger partial charge is 0.0725 e. The molecule has 0 spiro atoms. The molecular formula is C15H24N2O. The van der Waals surface area contributed by atoms with Crippen LogP contribution in [0.15, 0.2) is 18.2 Å². The molecule has 0 saturated heterocycles. The SMILES string of the molecule is CC(C)NCC(C)NCc1ccc2c(c1)COC2. The van der Waals surface area contributed by atoms with Gasteiger partial charge >= 0.3 is 0 Å². The minimum absolute atomic E-state index is 0.483. The lowest BCUT2D eigenvalue weighted by Gasteiger charge is -2.16. The van der Waals surface area contributed by atoms with Crippen LogP contribution in [0.1, 0.15) is 37.5 Å². The van der Waals surface area contributed by atoms with Crippen molar-refractivity contribution in [2.24, 2.45) is 0 Å². The topological polar surface area (TPSA) is 33.3 Å². The molecule has 1 heterocycles. The number of benzene rings is 1. The highest BCUT2D eigenvalue weighted by molar-refractivity contribution is 5.33. The van der Waals surface area contributed by atoms with Crippen molar-refractivity contribution < 1.29 is 4.74 Å². The number of fused-ring (bicyclic) bond motifs is 1. The largest absolute Gasteiger partial charge is 0.372 e. The first kappa shape index (κ1) is 13.5. The van der Waals surface area contributed by atoms with Gasteiger partial charge in [-0.2, -0.15) is 0 Å². The summed E-state index contributed by atoms with van der Waals surface area (Å²) >= 11 is 0. The maximum atomic E-state index is 5.43. The van der Waals surface area contributed by atoms with E-state index in [1.54, 1.807) is 0 Å². The second-order valence-electron chi connectivity index (χ2n) is 5.44. The molecule has 0 bridgehead atoms. The zero-order valence-electron chi connectivity index (χ0n) is 11.6. The van der Waals surface area contributed by atoms with Crippen LogP contribution in [0.25, 0.3) is 0 Å². The molecule has 0 radical (unpaired) electrons. The molecule has 1 aliphatic rings. The number of hydrogen-bond acceptors (Lipinski definition) is 3. The standard InChI is InChI=1S/C15H24N2O/c1-11(2)16-7-12(3)17-8-13-4-5-14-9-18-10-15(14)6-13/h4-6,11-12,16-17H,7-10H2,1-3H3. The fourth-order valence-corrected chi connectivity index (χ4v) is 2.11. The Morgan fingerprint density at radius 1 is 1.11 bits per heavy atom. The molecule has 3 heteroatoms. The molecule has 1 atom stereocenters. The van der Waals surface area contributed by atoms with E-state index in [0.29, 0.717) is 12.1 Å². The molecule has 0 saturated carbocycles. The van der Waals surface area contributed by atoms with Crippen molar-refractivity contribution in [1.29, 1.82) is 0 Å². The van der Waals surface area contributed by atoms with Crippen LogP contribution in [-0.4, -0.2) is 18.6 Å². The van der Waals surface area contributed by atoms with Gasteiger partial charge in [0.1, 0.15) is 0 Å². The summed E-state index contributed by atoms with van der Waals surface area (Å²) in [7, 11) is 0. The minimum atomic E-state index is 0.483. The summed E-state index contributed by atoms with van der Waals surface area (Å²) in [4.78, 5) is 0. The fraction of sp³-hybridized carbons (Fsp3) is 0.600. The Bertz CT molecular complexity index is 390. The Kier molecular flexibility index (Phi) is 4.75. The zero-order valence-corrected chi connectivity index (χ0v) is 11.6. The first-order valence-electron chi connectivity index (χ1n) is 6.80. The summed E-state index contributed by atoms with van der Waals surface area (Å²) in [5.74, 6) is 0. The van der Waals surface area contributed by atoms with Gasteiger partial charge < -0.3 is 15.4 Å². The molecule has 3 nitrogen and oxygen atoms in total. The molecule has 1 aliphatic heterocycles. The van der Waals surface area contributed by atoms with E-state index in [9.17, 15) is 0 Å². The summed E-state index contributed by atoms with van der Waals surface area (Å²) in [6.07, 6.45) is 0. The van der Waals surface area contributed by atoms with Gasteiger partial charge in [0, 0.05) is 25.2 Å². The van der Waals surface area contributed by atoms with Gasteiger partial charge in [-0.25, -0.2) is 0 Å². The Labute approximate surface area is 110 Å². The summed E-state index contributed by atoms with van der Waals surface area (Å²) in [5.41, 5.74) is 4.03. The van der Waals surface area contributed by atoms with Crippen molar-refractivity contribution in [3.05, 3.63) is 34.9 Å².